The third-order valence-electron chi connectivity index (χ3n) is 2.15. The summed E-state index contributed by atoms with van der Waals surface area (Å²) in [5, 5.41) is 12.6. The van der Waals surface area contributed by atoms with Crippen molar-refractivity contribution in [3.05, 3.63) is 4.91 Å². The molecule has 5 heteroatoms. The third-order valence-corrected chi connectivity index (χ3v) is 2.15. The molecular weight excluding hydrogens is 160 g/mol. The van der Waals surface area contributed by atoms with E-state index < -0.39 is 5.97 Å². The van der Waals surface area contributed by atoms with Gasteiger partial charge in [-0.2, -0.15) is 0 Å². The molecule has 0 saturated carbocycles. The van der Waals surface area contributed by atoms with E-state index in [0.717, 1.165) is 6.42 Å². The molecule has 1 atom stereocenters. The van der Waals surface area contributed by atoms with Gasteiger partial charge in [-0.1, -0.05) is 0 Å². The summed E-state index contributed by atoms with van der Waals surface area (Å²) in [5.41, 5.74) is 0. The molecule has 1 heterocycles. The Bertz CT molecular complexity index is 183. The highest BCUT2D eigenvalue weighted by Crippen LogP contribution is 2.20. The van der Waals surface area contributed by atoms with Gasteiger partial charge in [-0.3, -0.25) is 9.80 Å². The molecule has 0 aliphatic carbocycles. The average molecular weight is 172 g/mol. The smallest absolute Gasteiger partial charge is 0.303 e. The monoisotopic (exact) mass is 172 g/mol. The molecule has 1 unspecified atom stereocenters. The second kappa shape index (κ2) is 4.04. The molecule has 1 aliphatic rings. The van der Waals surface area contributed by atoms with Gasteiger partial charge in [-0.15, -0.1) is 4.91 Å². The van der Waals surface area contributed by atoms with Crippen molar-refractivity contribution < 1.29 is 9.90 Å². The molecule has 68 valence electrons. The van der Waals surface area contributed by atoms with Crippen LogP contribution in [0, 0.1) is 10.8 Å². The predicted octanol–water partition coefficient (Wildman–Crippen LogP) is 0.855. The molecule has 0 aromatic carbocycles. The summed E-state index contributed by atoms with van der Waals surface area (Å²) in [6, 6.07) is 0. The molecule has 1 N–H and O–H groups in total. The Kier molecular flexibility index (Phi) is 3.01. The molecule has 0 aromatic heterocycles. The van der Waals surface area contributed by atoms with Crippen LogP contribution in [0.5, 0.6) is 0 Å². The second-order valence-electron chi connectivity index (χ2n) is 3.08. The summed E-state index contributed by atoms with van der Waals surface area (Å²) in [6.45, 7) is 1.30. The molecule has 1 saturated heterocycles. The fourth-order valence-corrected chi connectivity index (χ4v) is 1.45. The lowest BCUT2D eigenvalue weighted by Crippen LogP contribution is -2.13. The van der Waals surface area contributed by atoms with Crippen LogP contribution in [0.3, 0.4) is 0 Å². The van der Waals surface area contributed by atoms with Gasteiger partial charge in [0.1, 0.15) is 0 Å². The first-order valence-corrected chi connectivity index (χ1v) is 4.02. The van der Waals surface area contributed by atoms with Crippen LogP contribution in [0.2, 0.25) is 0 Å². The van der Waals surface area contributed by atoms with Crippen LogP contribution in [-0.4, -0.2) is 29.2 Å². The fourth-order valence-electron chi connectivity index (χ4n) is 1.45. The Morgan fingerprint density at radius 1 is 1.67 bits per heavy atom. The van der Waals surface area contributed by atoms with E-state index in [0.29, 0.717) is 25.4 Å². The molecule has 12 heavy (non-hydrogen) atoms. The maximum atomic E-state index is 10.2. The van der Waals surface area contributed by atoms with Gasteiger partial charge in [-0.25, -0.2) is 0 Å². The largest absolute Gasteiger partial charge is 0.481 e. The molecule has 1 fully saturated rings. The van der Waals surface area contributed by atoms with Crippen molar-refractivity contribution in [1.82, 2.24) is 5.01 Å². The minimum Gasteiger partial charge on any atom is -0.481 e. The van der Waals surface area contributed by atoms with Gasteiger partial charge in [0.25, 0.3) is 0 Å². The van der Waals surface area contributed by atoms with Crippen LogP contribution in [0.1, 0.15) is 19.3 Å². The maximum Gasteiger partial charge on any atom is 0.303 e. The Morgan fingerprint density at radius 2 is 2.42 bits per heavy atom. The SMILES string of the molecule is O=NN1CCC(CCC(=O)O)C1. The van der Waals surface area contributed by atoms with Crippen molar-refractivity contribution >= 4 is 5.97 Å². The van der Waals surface area contributed by atoms with Crippen molar-refractivity contribution in [3.8, 4) is 0 Å². The standard InChI is InChI=1S/C7H12N2O3/c10-7(11)2-1-6-3-4-9(5-6)8-12/h6H,1-5H2,(H,10,11). The van der Waals surface area contributed by atoms with Crippen LogP contribution in [0.25, 0.3) is 0 Å². The molecule has 0 spiro atoms. The molecule has 0 amide bonds. The Morgan fingerprint density at radius 3 is 2.92 bits per heavy atom. The first-order chi connectivity index (χ1) is 5.72. The molecule has 1 rings (SSSR count). The first-order valence-electron chi connectivity index (χ1n) is 4.02. The zero-order valence-electron chi connectivity index (χ0n) is 6.77. The highest BCUT2D eigenvalue weighted by atomic mass is 16.4. The van der Waals surface area contributed by atoms with Gasteiger partial charge in [0.15, 0.2) is 0 Å². The predicted molar refractivity (Wildman–Crippen MR) is 42.3 cm³/mol. The maximum absolute atomic E-state index is 10.2. The summed E-state index contributed by atoms with van der Waals surface area (Å²) in [6.07, 6.45) is 1.73. The van der Waals surface area contributed by atoms with Crippen molar-refractivity contribution in [2.24, 2.45) is 11.2 Å². The van der Waals surface area contributed by atoms with Gasteiger partial charge in [0, 0.05) is 19.5 Å². The number of rotatable bonds is 4. The first kappa shape index (κ1) is 8.96. The molecule has 1 aliphatic heterocycles. The normalized spacial score (nSPS) is 22.7. The number of aliphatic carboxylic acids is 1. The zero-order chi connectivity index (χ0) is 8.97. The number of nitrogens with zero attached hydrogens (tertiary/aromatic N) is 2. The van der Waals surface area contributed by atoms with Crippen LogP contribution in [0.15, 0.2) is 5.29 Å². The van der Waals surface area contributed by atoms with Crippen LogP contribution >= 0.6 is 0 Å². The Labute approximate surface area is 70.3 Å². The molecular formula is C7H12N2O3. The van der Waals surface area contributed by atoms with E-state index >= 15 is 0 Å². The summed E-state index contributed by atoms with van der Waals surface area (Å²) < 4.78 is 0. The van der Waals surface area contributed by atoms with E-state index in [-0.39, 0.29) is 6.42 Å². The molecule has 0 aromatic rings. The van der Waals surface area contributed by atoms with Gasteiger partial charge in [0.05, 0.1) is 5.29 Å². The lowest BCUT2D eigenvalue weighted by molar-refractivity contribution is -0.137. The quantitative estimate of drug-likeness (QED) is 0.638. The third kappa shape index (κ3) is 2.48. The number of hydrogen-bond acceptors (Lipinski definition) is 3. The molecule has 0 radical (unpaired) electrons. The number of carboxylic acid groups (broad SMARTS) is 1. The minimum atomic E-state index is -0.771. The highest BCUT2D eigenvalue weighted by molar-refractivity contribution is 5.66. The summed E-state index contributed by atoms with van der Waals surface area (Å²) in [5.74, 6) is -0.439. The molecule has 5 nitrogen and oxygen atoms in total. The van der Waals surface area contributed by atoms with Crippen molar-refractivity contribution in [2.75, 3.05) is 13.1 Å². The topological polar surface area (TPSA) is 70.0 Å². The van der Waals surface area contributed by atoms with E-state index in [2.05, 4.69) is 5.29 Å². The van der Waals surface area contributed by atoms with Gasteiger partial charge >= 0.3 is 5.97 Å². The van der Waals surface area contributed by atoms with Gasteiger partial charge < -0.3 is 5.11 Å². The van der Waals surface area contributed by atoms with E-state index in [1.165, 1.54) is 5.01 Å². The Balaban J connectivity index is 2.19. The van der Waals surface area contributed by atoms with Gasteiger partial charge in [-0.05, 0) is 18.8 Å². The Hall–Kier alpha value is -1.13. The van der Waals surface area contributed by atoms with Crippen LogP contribution in [-0.2, 0) is 4.79 Å². The lowest BCUT2D eigenvalue weighted by atomic mass is 10.0. The van der Waals surface area contributed by atoms with Gasteiger partial charge in [0.2, 0.25) is 0 Å². The summed E-state index contributed by atoms with van der Waals surface area (Å²) >= 11 is 0. The zero-order valence-corrected chi connectivity index (χ0v) is 6.77. The van der Waals surface area contributed by atoms with Crippen molar-refractivity contribution in [3.63, 3.8) is 0 Å². The van der Waals surface area contributed by atoms with Crippen LogP contribution < -0.4 is 0 Å². The van der Waals surface area contributed by atoms with E-state index in [1.807, 2.05) is 0 Å². The number of carboxylic acids is 1. The van der Waals surface area contributed by atoms with E-state index in [4.69, 9.17) is 5.11 Å². The second-order valence-corrected chi connectivity index (χ2v) is 3.08. The van der Waals surface area contributed by atoms with Crippen molar-refractivity contribution in [2.45, 2.75) is 19.3 Å². The summed E-state index contributed by atoms with van der Waals surface area (Å²) in [4.78, 5) is 20.3. The number of hydrogen-bond donors (Lipinski definition) is 1. The van der Waals surface area contributed by atoms with Crippen molar-refractivity contribution in [1.29, 1.82) is 0 Å². The van der Waals surface area contributed by atoms with E-state index in [9.17, 15) is 9.70 Å². The fraction of sp³-hybridized carbons (Fsp3) is 0.857. The molecule has 0 bridgehead atoms. The number of nitroso groups, excluding NO2 is 1. The minimum absolute atomic E-state index is 0.192. The number of carbonyl (C=O) groups is 1. The lowest BCUT2D eigenvalue weighted by Gasteiger charge is -2.06. The van der Waals surface area contributed by atoms with Crippen LogP contribution in [0.4, 0.5) is 0 Å². The average Bonchev–Trinajstić information content (AvgIpc) is 2.48. The highest BCUT2D eigenvalue weighted by Gasteiger charge is 2.22. The van der Waals surface area contributed by atoms with E-state index in [1.54, 1.807) is 0 Å². The summed E-state index contributed by atoms with van der Waals surface area (Å²) in [7, 11) is 0.